The Labute approximate surface area is 84.1 Å². The molecule has 0 aromatic carbocycles. The third kappa shape index (κ3) is 2.05. The fourth-order valence-electron chi connectivity index (χ4n) is 1.24. The van der Waals surface area contributed by atoms with Gasteiger partial charge in [-0.3, -0.25) is 0 Å². The van der Waals surface area contributed by atoms with E-state index in [1.54, 1.807) is 11.7 Å². The van der Waals surface area contributed by atoms with Crippen LogP contribution in [0.3, 0.4) is 0 Å². The molecule has 0 N–H and O–H groups in total. The van der Waals surface area contributed by atoms with Gasteiger partial charge < -0.3 is 4.74 Å². The zero-order valence-electron chi connectivity index (χ0n) is 8.87. The highest BCUT2D eigenvalue weighted by Gasteiger charge is 2.13. The van der Waals surface area contributed by atoms with Gasteiger partial charge in [-0.2, -0.15) is 10.4 Å². The molecule has 0 saturated heterocycles. The van der Waals surface area contributed by atoms with Gasteiger partial charge in [-0.25, -0.2) is 4.68 Å². The van der Waals surface area contributed by atoms with E-state index in [4.69, 9.17) is 10.00 Å². The Morgan fingerprint density at radius 2 is 2.29 bits per heavy atom. The highest BCUT2D eigenvalue weighted by Crippen LogP contribution is 2.19. The first-order chi connectivity index (χ1) is 6.70. The van der Waals surface area contributed by atoms with E-state index in [2.05, 4.69) is 18.1 Å². The van der Waals surface area contributed by atoms with Crippen molar-refractivity contribution in [2.75, 3.05) is 6.61 Å². The Balaban J connectivity index is 2.80. The standard InChI is InChI=1S/C10H15N3O/c1-4-5-6-14-10-9(7-11)8(2)12-13(10)3/h4-6H2,1-3H3. The number of nitrogens with zero attached hydrogens (tertiary/aromatic N) is 3. The average molecular weight is 193 g/mol. The van der Waals surface area contributed by atoms with Crippen molar-refractivity contribution in [2.45, 2.75) is 26.7 Å². The van der Waals surface area contributed by atoms with Crippen LogP contribution in [0.5, 0.6) is 5.88 Å². The Hall–Kier alpha value is -1.50. The monoisotopic (exact) mass is 193 g/mol. The molecule has 0 atom stereocenters. The third-order valence-corrected chi connectivity index (χ3v) is 2.02. The summed E-state index contributed by atoms with van der Waals surface area (Å²) in [5.74, 6) is 0.582. The Kier molecular flexibility index (Phi) is 3.52. The highest BCUT2D eigenvalue weighted by atomic mass is 16.5. The van der Waals surface area contributed by atoms with Crippen LogP contribution < -0.4 is 4.74 Å². The molecule has 1 aromatic heterocycles. The number of hydrogen-bond acceptors (Lipinski definition) is 3. The lowest BCUT2D eigenvalue weighted by Crippen LogP contribution is -2.02. The van der Waals surface area contributed by atoms with Crippen molar-refractivity contribution in [3.8, 4) is 11.9 Å². The van der Waals surface area contributed by atoms with Gasteiger partial charge >= 0.3 is 0 Å². The summed E-state index contributed by atoms with van der Waals surface area (Å²) >= 11 is 0. The maximum Gasteiger partial charge on any atom is 0.230 e. The summed E-state index contributed by atoms with van der Waals surface area (Å²) in [6, 6.07) is 2.10. The minimum Gasteiger partial charge on any atom is -0.477 e. The number of aromatic nitrogens is 2. The second-order valence-electron chi connectivity index (χ2n) is 3.20. The molecule has 14 heavy (non-hydrogen) atoms. The van der Waals surface area contributed by atoms with E-state index in [-0.39, 0.29) is 0 Å². The van der Waals surface area contributed by atoms with E-state index in [0.717, 1.165) is 18.5 Å². The zero-order chi connectivity index (χ0) is 10.6. The van der Waals surface area contributed by atoms with Gasteiger partial charge in [0.15, 0.2) is 0 Å². The van der Waals surface area contributed by atoms with Gasteiger partial charge in [0.1, 0.15) is 11.6 Å². The topological polar surface area (TPSA) is 50.8 Å². The van der Waals surface area contributed by atoms with Crippen molar-refractivity contribution < 1.29 is 4.74 Å². The van der Waals surface area contributed by atoms with Gasteiger partial charge in [0.05, 0.1) is 12.3 Å². The molecule has 0 fully saturated rings. The van der Waals surface area contributed by atoms with Gasteiger partial charge in [0.25, 0.3) is 0 Å². The normalized spacial score (nSPS) is 9.86. The number of aryl methyl sites for hydroxylation is 2. The van der Waals surface area contributed by atoms with E-state index in [1.807, 2.05) is 6.92 Å². The molecule has 1 rings (SSSR count). The zero-order valence-corrected chi connectivity index (χ0v) is 8.87. The van der Waals surface area contributed by atoms with Crippen LogP contribution in [0.25, 0.3) is 0 Å². The van der Waals surface area contributed by atoms with E-state index >= 15 is 0 Å². The summed E-state index contributed by atoms with van der Waals surface area (Å²) in [4.78, 5) is 0. The van der Waals surface area contributed by atoms with Gasteiger partial charge in [-0.05, 0) is 13.3 Å². The van der Waals surface area contributed by atoms with Crippen molar-refractivity contribution in [3.63, 3.8) is 0 Å². The largest absolute Gasteiger partial charge is 0.477 e. The van der Waals surface area contributed by atoms with Crippen molar-refractivity contribution >= 4 is 0 Å². The van der Waals surface area contributed by atoms with E-state index in [0.29, 0.717) is 18.1 Å². The summed E-state index contributed by atoms with van der Waals surface area (Å²) in [5.41, 5.74) is 1.27. The lowest BCUT2D eigenvalue weighted by atomic mass is 10.3. The molecule has 4 heteroatoms. The number of hydrogen-bond donors (Lipinski definition) is 0. The van der Waals surface area contributed by atoms with E-state index in [9.17, 15) is 0 Å². The molecule has 4 nitrogen and oxygen atoms in total. The van der Waals surface area contributed by atoms with Gasteiger partial charge in [0, 0.05) is 7.05 Å². The van der Waals surface area contributed by atoms with Crippen LogP contribution in [-0.2, 0) is 7.05 Å². The molecule has 0 spiro atoms. The highest BCUT2D eigenvalue weighted by molar-refractivity contribution is 5.41. The molecular weight excluding hydrogens is 178 g/mol. The average Bonchev–Trinajstić information content (AvgIpc) is 2.42. The number of rotatable bonds is 4. The first-order valence-electron chi connectivity index (χ1n) is 4.77. The Bertz CT molecular complexity index is 349. The maximum absolute atomic E-state index is 8.89. The molecule has 0 aliphatic carbocycles. The molecule has 0 saturated carbocycles. The van der Waals surface area contributed by atoms with E-state index in [1.165, 1.54) is 0 Å². The first kappa shape index (κ1) is 10.6. The van der Waals surface area contributed by atoms with Crippen LogP contribution in [-0.4, -0.2) is 16.4 Å². The van der Waals surface area contributed by atoms with E-state index < -0.39 is 0 Å². The van der Waals surface area contributed by atoms with Gasteiger partial charge in [-0.1, -0.05) is 13.3 Å². The predicted octanol–water partition coefficient (Wildman–Crippen LogP) is 1.78. The van der Waals surface area contributed by atoms with Crippen LogP contribution >= 0.6 is 0 Å². The Morgan fingerprint density at radius 3 is 2.86 bits per heavy atom. The lowest BCUT2D eigenvalue weighted by molar-refractivity contribution is 0.282. The fraction of sp³-hybridized carbons (Fsp3) is 0.600. The van der Waals surface area contributed by atoms with Crippen molar-refractivity contribution in [1.82, 2.24) is 9.78 Å². The fourth-order valence-corrected chi connectivity index (χ4v) is 1.24. The van der Waals surface area contributed by atoms with Gasteiger partial charge in [-0.15, -0.1) is 0 Å². The second-order valence-corrected chi connectivity index (χ2v) is 3.20. The summed E-state index contributed by atoms with van der Waals surface area (Å²) < 4.78 is 7.11. The summed E-state index contributed by atoms with van der Waals surface area (Å²) in [6.07, 6.45) is 2.08. The molecule has 0 amide bonds. The van der Waals surface area contributed by atoms with Crippen LogP contribution in [0.4, 0.5) is 0 Å². The first-order valence-corrected chi connectivity index (χ1v) is 4.77. The second kappa shape index (κ2) is 4.66. The van der Waals surface area contributed by atoms with Crippen LogP contribution in [0.15, 0.2) is 0 Å². The third-order valence-electron chi connectivity index (χ3n) is 2.02. The van der Waals surface area contributed by atoms with Crippen LogP contribution in [0, 0.1) is 18.3 Å². The predicted molar refractivity (Wildman–Crippen MR) is 53.1 cm³/mol. The number of ether oxygens (including phenoxy) is 1. The molecule has 0 aliphatic rings. The van der Waals surface area contributed by atoms with Crippen LogP contribution in [0.2, 0.25) is 0 Å². The molecular formula is C10H15N3O. The van der Waals surface area contributed by atoms with Crippen molar-refractivity contribution in [3.05, 3.63) is 11.3 Å². The number of unbranched alkanes of at least 4 members (excludes halogenated alkanes) is 1. The van der Waals surface area contributed by atoms with Gasteiger partial charge in [0.2, 0.25) is 5.88 Å². The lowest BCUT2D eigenvalue weighted by Gasteiger charge is -2.04. The molecule has 76 valence electrons. The molecule has 0 bridgehead atoms. The molecule has 1 aromatic rings. The summed E-state index contributed by atoms with van der Waals surface area (Å²) in [6.45, 7) is 4.55. The SMILES string of the molecule is CCCCOc1c(C#N)c(C)nn1C. The number of nitriles is 1. The summed E-state index contributed by atoms with van der Waals surface area (Å²) in [5, 5.41) is 13.0. The molecule has 1 heterocycles. The summed E-state index contributed by atoms with van der Waals surface area (Å²) in [7, 11) is 1.79. The Morgan fingerprint density at radius 1 is 1.57 bits per heavy atom. The van der Waals surface area contributed by atoms with Crippen LogP contribution in [0.1, 0.15) is 31.0 Å². The van der Waals surface area contributed by atoms with Crippen molar-refractivity contribution in [2.24, 2.45) is 7.05 Å². The molecule has 0 unspecified atom stereocenters. The van der Waals surface area contributed by atoms with Crippen molar-refractivity contribution in [1.29, 1.82) is 5.26 Å². The molecule has 0 aliphatic heterocycles. The minimum absolute atomic E-state index is 0.545. The molecule has 0 radical (unpaired) electrons. The minimum atomic E-state index is 0.545. The quantitative estimate of drug-likeness (QED) is 0.685. The smallest absolute Gasteiger partial charge is 0.230 e. The maximum atomic E-state index is 8.89.